The number of amides is 1. The predicted molar refractivity (Wildman–Crippen MR) is 131 cm³/mol. The molecule has 0 bridgehead atoms. The van der Waals surface area contributed by atoms with E-state index in [2.05, 4.69) is 16.0 Å². The van der Waals surface area contributed by atoms with Gasteiger partial charge in [0.15, 0.2) is 0 Å². The Labute approximate surface area is 204 Å². The zero-order valence-electron chi connectivity index (χ0n) is 20.4. The average molecular weight is 494 g/mol. The lowest BCUT2D eigenvalue weighted by Gasteiger charge is -2.36. The van der Waals surface area contributed by atoms with Crippen molar-refractivity contribution >= 4 is 23.4 Å². The van der Waals surface area contributed by atoms with Crippen LogP contribution < -0.4 is 16.0 Å². The van der Waals surface area contributed by atoms with Gasteiger partial charge in [-0.25, -0.2) is 13.2 Å². The number of benzene rings is 1. The van der Waals surface area contributed by atoms with E-state index in [0.29, 0.717) is 39.1 Å². The van der Waals surface area contributed by atoms with Gasteiger partial charge in [-0.05, 0) is 36.1 Å². The topological polar surface area (TPSA) is 89.5 Å². The van der Waals surface area contributed by atoms with Crippen LogP contribution in [0.25, 0.3) is 5.57 Å². The number of rotatable bonds is 10. The highest BCUT2D eigenvalue weighted by molar-refractivity contribution is 6.09. The Morgan fingerprint density at radius 1 is 1.37 bits per heavy atom. The standard InChI is InChI=1S/C25H34F3N5O2/c1-4-22(20-13-33(15(2)34)7-5-23(20)31-17-6-8-35-14-17)32-24-10-19(25(27)28)18(9-21(24)26)16(11-29)12-30-3/h9-12,17,22,25,29-32H,4-8,13-14H2,1-3H3/b16-12+,29-11?. The van der Waals surface area contributed by atoms with E-state index in [-0.39, 0.29) is 40.4 Å². The second kappa shape index (κ2) is 12.1. The molecule has 35 heavy (non-hydrogen) atoms. The molecule has 1 amide bonds. The third kappa shape index (κ3) is 6.36. The first-order valence-corrected chi connectivity index (χ1v) is 11.9. The summed E-state index contributed by atoms with van der Waals surface area (Å²) < 4.78 is 48.5. The summed E-state index contributed by atoms with van der Waals surface area (Å²) in [6.07, 6.45) is 1.50. The van der Waals surface area contributed by atoms with Gasteiger partial charge in [-0.15, -0.1) is 0 Å². The summed E-state index contributed by atoms with van der Waals surface area (Å²) in [5.74, 6) is -0.739. The van der Waals surface area contributed by atoms with E-state index in [1.165, 1.54) is 13.1 Å². The van der Waals surface area contributed by atoms with Gasteiger partial charge < -0.3 is 31.0 Å². The third-order valence-electron chi connectivity index (χ3n) is 6.43. The van der Waals surface area contributed by atoms with Gasteiger partial charge in [0.2, 0.25) is 5.91 Å². The van der Waals surface area contributed by atoms with Gasteiger partial charge in [0.25, 0.3) is 6.43 Å². The van der Waals surface area contributed by atoms with Gasteiger partial charge in [0.05, 0.1) is 24.4 Å². The largest absolute Gasteiger partial charge is 0.393 e. The highest BCUT2D eigenvalue weighted by Gasteiger charge is 2.29. The van der Waals surface area contributed by atoms with E-state index in [1.807, 2.05) is 6.92 Å². The molecule has 1 aromatic rings. The van der Waals surface area contributed by atoms with E-state index in [1.54, 1.807) is 11.9 Å². The van der Waals surface area contributed by atoms with E-state index in [0.717, 1.165) is 36.0 Å². The Kier molecular flexibility index (Phi) is 9.20. The van der Waals surface area contributed by atoms with Crippen LogP contribution in [0.3, 0.4) is 0 Å². The van der Waals surface area contributed by atoms with Gasteiger partial charge in [-0.3, -0.25) is 4.79 Å². The first-order chi connectivity index (χ1) is 16.8. The Bertz CT molecular complexity index is 990. The molecule has 7 nitrogen and oxygen atoms in total. The second-order valence-electron chi connectivity index (χ2n) is 8.76. The van der Waals surface area contributed by atoms with Crippen molar-refractivity contribution in [1.29, 1.82) is 5.41 Å². The Hall–Kier alpha value is -3.01. The number of nitrogens with one attached hydrogen (secondary N) is 4. The van der Waals surface area contributed by atoms with Crippen LogP contribution in [-0.2, 0) is 9.53 Å². The fourth-order valence-electron chi connectivity index (χ4n) is 4.54. The van der Waals surface area contributed by atoms with Crippen LogP contribution in [0, 0.1) is 11.2 Å². The zero-order valence-corrected chi connectivity index (χ0v) is 20.4. The van der Waals surface area contributed by atoms with Crippen LogP contribution in [0.1, 0.15) is 50.7 Å². The summed E-state index contributed by atoms with van der Waals surface area (Å²) in [4.78, 5) is 13.8. The molecule has 2 aliphatic heterocycles. The lowest BCUT2D eigenvalue weighted by Crippen LogP contribution is -2.44. The minimum absolute atomic E-state index is 0.0383. The maximum atomic E-state index is 15.2. The average Bonchev–Trinajstić information content (AvgIpc) is 3.35. The van der Waals surface area contributed by atoms with Crippen molar-refractivity contribution in [3.63, 3.8) is 0 Å². The SMILES string of the molecule is CCC(Nc1cc(C(F)F)c(/C(C=N)=C/NC)cc1F)C1=C(NC2CCOC2)CCN(C(C)=O)C1. The van der Waals surface area contributed by atoms with Gasteiger partial charge in [0, 0.05) is 69.3 Å². The molecular weight excluding hydrogens is 459 g/mol. The number of carbonyl (C=O) groups is 1. The molecule has 0 spiro atoms. The summed E-state index contributed by atoms with van der Waals surface area (Å²) in [5.41, 5.74) is 1.62. The second-order valence-corrected chi connectivity index (χ2v) is 8.76. The van der Waals surface area contributed by atoms with Crippen LogP contribution >= 0.6 is 0 Å². The quantitative estimate of drug-likeness (QED) is 0.370. The molecular formula is C25H34F3N5O2. The predicted octanol–water partition coefficient (Wildman–Crippen LogP) is 4.05. The summed E-state index contributed by atoms with van der Waals surface area (Å²) in [5, 5.41) is 16.9. The molecule has 0 aromatic heterocycles. The molecule has 2 aliphatic rings. The number of allylic oxidation sites excluding steroid dienone is 1. The summed E-state index contributed by atoms with van der Waals surface area (Å²) in [6, 6.07) is 1.95. The lowest BCUT2D eigenvalue weighted by molar-refractivity contribution is -0.128. The van der Waals surface area contributed by atoms with E-state index >= 15 is 4.39 Å². The normalized spacial score (nSPS) is 19.7. The minimum atomic E-state index is -2.85. The van der Waals surface area contributed by atoms with Crippen molar-refractivity contribution in [2.75, 3.05) is 38.7 Å². The lowest BCUT2D eigenvalue weighted by atomic mass is 9.94. The first-order valence-electron chi connectivity index (χ1n) is 11.9. The maximum absolute atomic E-state index is 15.2. The molecule has 2 heterocycles. The number of carbonyl (C=O) groups excluding carboxylic acids is 1. The smallest absolute Gasteiger partial charge is 0.264 e. The Morgan fingerprint density at radius 2 is 2.14 bits per heavy atom. The van der Waals surface area contributed by atoms with Gasteiger partial charge in [0.1, 0.15) is 5.82 Å². The molecule has 4 N–H and O–H groups in total. The monoisotopic (exact) mass is 493 g/mol. The molecule has 3 rings (SSSR count). The van der Waals surface area contributed by atoms with E-state index in [9.17, 15) is 13.6 Å². The molecule has 2 unspecified atom stereocenters. The van der Waals surface area contributed by atoms with Gasteiger partial charge >= 0.3 is 0 Å². The maximum Gasteiger partial charge on any atom is 0.264 e. The van der Waals surface area contributed by atoms with Crippen LogP contribution in [0.4, 0.5) is 18.9 Å². The van der Waals surface area contributed by atoms with Gasteiger partial charge in [-0.2, -0.15) is 0 Å². The van der Waals surface area contributed by atoms with Crippen molar-refractivity contribution in [2.45, 2.75) is 51.6 Å². The number of halogens is 3. The van der Waals surface area contributed by atoms with Crippen molar-refractivity contribution in [3.8, 4) is 0 Å². The van der Waals surface area contributed by atoms with E-state index < -0.39 is 12.2 Å². The summed E-state index contributed by atoms with van der Waals surface area (Å²) in [6.45, 7) is 5.68. The van der Waals surface area contributed by atoms with Crippen molar-refractivity contribution in [2.24, 2.45) is 0 Å². The van der Waals surface area contributed by atoms with Crippen molar-refractivity contribution in [3.05, 3.63) is 46.5 Å². The van der Waals surface area contributed by atoms with Gasteiger partial charge in [-0.1, -0.05) is 6.92 Å². The number of ether oxygens (including phenoxy) is 1. The zero-order chi connectivity index (χ0) is 25.5. The molecule has 10 heteroatoms. The molecule has 1 aromatic carbocycles. The molecule has 0 radical (unpaired) electrons. The minimum Gasteiger partial charge on any atom is -0.393 e. The van der Waals surface area contributed by atoms with Crippen molar-refractivity contribution in [1.82, 2.24) is 15.5 Å². The highest BCUT2D eigenvalue weighted by atomic mass is 19.3. The fraction of sp³-hybridized carbons (Fsp3) is 0.520. The molecule has 1 saturated heterocycles. The number of alkyl halides is 2. The third-order valence-corrected chi connectivity index (χ3v) is 6.43. The number of nitrogens with zero attached hydrogens (tertiary/aromatic N) is 1. The highest BCUT2D eigenvalue weighted by Crippen LogP contribution is 2.33. The number of hydrogen-bond acceptors (Lipinski definition) is 6. The first kappa shape index (κ1) is 26.6. The van der Waals surface area contributed by atoms with Crippen LogP contribution in [0.2, 0.25) is 0 Å². The molecule has 0 saturated carbocycles. The number of anilines is 1. The summed E-state index contributed by atoms with van der Waals surface area (Å²) >= 11 is 0. The Balaban J connectivity index is 1.98. The number of hydrogen-bond donors (Lipinski definition) is 4. The van der Waals surface area contributed by atoms with E-state index in [4.69, 9.17) is 10.1 Å². The van der Waals surface area contributed by atoms with Crippen LogP contribution in [-0.4, -0.2) is 62.5 Å². The Morgan fingerprint density at radius 3 is 2.71 bits per heavy atom. The summed E-state index contributed by atoms with van der Waals surface area (Å²) in [7, 11) is 1.58. The van der Waals surface area contributed by atoms with Crippen molar-refractivity contribution < 1.29 is 22.7 Å². The van der Waals surface area contributed by atoms with Crippen LogP contribution in [0.15, 0.2) is 29.6 Å². The molecule has 192 valence electrons. The molecule has 1 fully saturated rings. The van der Waals surface area contributed by atoms with Crippen LogP contribution in [0.5, 0.6) is 0 Å². The fourth-order valence-corrected chi connectivity index (χ4v) is 4.54. The molecule has 0 aliphatic carbocycles. The molecule has 2 atom stereocenters.